The normalized spacial score (nSPS) is 13.3. The molecule has 1 aromatic carbocycles. The van der Waals surface area contributed by atoms with Crippen LogP contribution < -0.4 is 16.0 Å². The van der Waals surface area contributed by atoms with Gasteiger partial charge in [0.1, 0.15) is 4.90 Å². The third-order valence-electron chi connectivity index (χ3n) is 2.01. The summed E-state index contributed by atoms with van der Waals surface area (Å²) in [6, 6.07) is 6.29. The van der Waals surface area contributed by atoms with Crippen LogP contribution in [0, 0.1) is 0 Å². The van der Waals surface area contributed by atoms with Gasteiger partial charge in [0.05, 0.1) is 5.69 Å². The second-order valence-corrected chi connectivity index (χ2v) is 6.61. The van der Waals surface area contributed by atoms with Gasteiger partial charge in [-0.2, -0.15) is 0 Å². The average molecular weight is 277 g/mol. The summed E-state index contributed by atoms with van der Waals surface area (Å²) < 4.78 is 37.0. The van der Waals surface area contributed by atoms with Crippen molar-refractivity contribution in [3.05, 3.63) is 24.3 Å². The Morgan fingerprint density at radius 1 is 1.35 bits per heavy atom. The quantitative estimate of drug-likeness (QED) is 0.486. The maximum absolute atomic E-state index is 11.9. The largest absolute Gasteiger partial charge is 0.323 e. The SMILES string of the molecule is CS(=O)CCNS(=O)(=O)c1ccccc1NN. The number of sulfonamides is 1. The van der Waals surface area contributed by atoms with E-state index in [0.717, 1.165) is 0 Å². The molecule has 6 nitrogen and oxygen atoms in total. The fourth-order valence-electron chi connectivity index (χ4n) is 1.22. The monoisotopic (exact) mass is 277 g/mol. The van der Waals surface area contributed by atoms with Crippen molar-refractivity contribution in [3.8, 4) is 0 Å². The topological polar surface area (TPSA) is 101 Å². The number of hydrogen-bond donors (Lipinski definition) is 3. The lowest BCUT2D eigenvalue weighted by Crippen LogP contribution is -2.28. The first kappa shape index (κ1) is 14.1. The molecule has 4 N–H and O–H groups in total. The van der Waals surface area contributed by atoms with Gasteiger partial charge in [0.2, 0.25) is 10.0 Å². The molecule has 0 spiro atoms. The molecule has 0 aliphatic carbocycles. The van der Waals surface area contributed by atoms with E-state index in [9.17, 15) is 12.6 Å². The van der Waals surface area contributed by atoms with E-state index in [-0.39, 0.29) is 17.2 Å². The maximum atomic E-state index is 11.9. The van der Waals surface area contributed by atoms with Gasteiger partial charge in [-0.25, -0.2) is 13.1 Å². The standard InChI is InChI=1S/C9H15N3O3S2/c1-16(13)7-6-11-17(14,15)9-5-3-2-4-8(9)12-10/h2-5,11-12H,6-7,10H2,1H3. The molecule has 17 heavy (non-hydrogen) atoms. The van der Waals surface area contributed by atoms with Crippen LogP contribution in [0.2, 0.25) is 0 Å². The number of para-hydroxylation sites is 1. The van der Waals surface area contributed by atoms with Crippen LogP contribution in [0.3, 0.4) is 0 Å². The molecule has 1 rings (SSSR count). The van der Waals surface area contributed by atoms with Gasteiger partial charge < -0.3 is 5.43 Å². The van der Waals surface area contributed by atoms with Gasteiger partial charge in [-0.15, -0.1) is 0 Å². The van der Waals surface area contributed by atoms with E-state index >= 15 is 0 Å². The molecule has 1 atom stereocenters. The number of nitrogens with one attached hydrogen (secondary N) is 2. The van der Waals surface area contributed by atoms with Gasteiger partial charge in [0.15, 0.2) is 0 Å². The number of rotatable bonds is 6. The molecule has 0 radical (unpaired) electrons. The third-order valence-corrected chi connectivity index (χ3v) is 4.31. The fraction of sp³-hybridized carbons (Fsp3) is 0.333. The number of hydrazine groups is 1. The summed E-state index contributed by atoms with van der Waals surface area (Å²) in [5.74, 6) is 5.51. The number of nitrogens with two attached hydrogens (primary N) is 1. The van der Waals surface area contributed by atoms with E-state index in [0.29, 0.717) is 5.69 Å². The third kappa shape index (κ3) is 4.08. The van der Waals surface area contributed by atoms with Crippen LogP contribution in [-0.4, -0.2) is 31.2 Å². The van der Waals surface area contributed by atoms with Crippen molar-refractivity contribution >= 4 is 26.5 Å². The van der Waals surface area contributed by atoms with Crippen molar-refractivity contribution < 1.29 is 12.6 Å². The summed E-state index contributed by atoms with van der Waals surface area (Å²) in [6.45, 7) is 0.129. The first-order valence-corrected chi connectivity index (χ1v) is 8.04. The maximum Gasteiger partial charge on any atom is 0.242 e. The Morgan fingerprint density at radius 3 is 2.59 bits per heavy atom. The van der Waals surface area contributed by atoms with Gasteiger partial charge >= 0.3 is 0 Å². The van der Waals surface area contributed by atoms with Crippen molar-refractivity contribution in [1.29, 1.82) is 0 Å². The Hall–Kier alpha value is -0.960. The number of nitrogen functional groups attached to an aromatic ring is 1. The molecule has 1 aromatic rings. The molecular weight excluding hydrogens is 262 g/mol. The Kier molecular flexibility index (Phi) is 5.06. The molecule has 0 saturated carbocycles. The summed E-state index contributed by atoms with van der Waals surface area (Å²) in [5, 5.41) is 0. The average Bonchev–Trinajstić information content (AvgIpc) is 2.28. The Balaban J connectivity index is 2.86. The van der Waals surface area contributed by atoms with Gasteiger partial charge in [0, 0.05) is 29.4 Å². The highest BCUT2D eigenvalue weighted by atomic mass is 32.2. The first-order valence-electron chi connectivity index (χ1n) is 4.82. The van der Waals surface area contributed by atoms with Crippen LogP contribution in [0.5, 0.6) is 0 Å². The highest BCUT2D eigenvalue weighted by Gasteiger charge is 2.17. The van der Waals surface area contributed by atoms with E-state index in [1.54, 1.807) is 18.2 Å². The number of benzene rings is 1. The van der Waals surface area contributed by atoms with Gasteiger partial charge in [-0.1, -0.05) is 12.1 Å². The molecule has 0 saturated heterocycles. The summed E-state index contributed by atoms with van der Waals surface area (Å²) in [6.07, 6.45) is 1.52. The lowest BCUT2D eigenvalue weighted by Gasteiger charge is -2.10. The molecule has 0 aliphatic heterocycles. The molecule has 0 heterocycles. The molecule has 0 aliphatic rings. The minimum atomic E-state index is -3.63. The fourth-order valence-corrected chi connectivity index (χ4v) is 2.94. The van der Waals surface area contributed by atoms with Gasteiger partial charge in [0.25, 0.3) is 0 Å². The van der Waals surface area contributed by atoms with Crippen LogP contribution in [0.15, 0.2) is 29.2 Å². The predicted octanol–water partition coefficient (Wildman–Crippen LogP) is -0.371. The number of anilines is 1. The first-order chi connectivity index (χ1) is 7.97. The Morgan fingerprint density at radius 2 is 2.00 bits per heavy atom. The number of hydrogen-bond acceptors (Lipinski definition) is 5. The second-order valence-electron chi connectivity index (χ2n) is 3.32. The molecule has 0 aromatic heterocycles. The van der Waals surface area contributed by atoms with E-state index in [1.807, 2.05) is 0 Å². The minimum Gasteiger partial charge on any atom is -0.323 e. The highest BCUT2D eigenvalue weighted by molar-refractivity contribution is 7.89. The van der Waals surface area contributed by atoms with Crippen molar-refractivity contribution in [2.75, 3.05) is 24.0 Å². The predicted molar refractivity (Wildman–Crippen MR) is 68.4 cm³/mol. The Bertz CT molecular complexity index is 502. The molecule has 0 fully saturated rings. The van der Waals surface area contributed by atoms with Crippen molar-refractivity contribution in [1.82, 2.24) is 4.72 Å². The van der Waals surface area contributed by atoms with Crippen LogP contribution in [0.25, 0.3) is 0 Å². The van der Waals surface area contributed by atoms with Crippen molar-refractivity contribution in [2.24, 2.45) is 5.84 Å². The van der Waals surface area contributed by atoms with Crippen molar-refractivity contribution in [3.63, 3.8) is 0 Å². The second kappa shape index (κ2) is 6.10. The van der Waals surface area contributed by atoms with Crippen LogP contribution >= 0.6 is 0 Å². The zero-order valence-electron chi connectivity index (χ0n) is 9.34. The lowest BCUT2D eigenvalue weighted by molar-refractivity contribution is 0.584. The summed E-state index contributed by atoms with van der Waals surface area (Å²) >= 11 is 0. The molecule has 0 amide bonds. The van der Waals surface area contributed by atoms with E-state index in [2.05, 4.69) is 10.1 Å². The molecule has 1 unspecified atom stereocenters. The molecule has 8 heteroatoms. The zero-order valence-corrected chi connectivity index (χ0v) is 11.0. The summed E-state index contributed by atoms with van der Waals surface area (Å²) in [7, 11) is -4.66. The molecule has 96 valence electrons. The lowest BCUT2D eigenvalue weighted by atomic mass is 10.3. The summed E-state index contributed by atoms with van der Waals surface area (Å²) in [5.41, 5.74) is 2.64. The van der Waals surface area contributed by atoms with Crippen LogP contribution in [-0.2, 0) is 20.8 Å². The van der Waals surface area contributed by atoms with Gasteiger partial charge in [-0.05, 0) is 12.1 Å². The van der Waals surface area contributed by atoms with E-state index in [1.165, 1.54) is 12.3 Å². The Labute approximate surface area is 103 Å². The highest BCUT2D eigenvalue weighted by Crippen LogP contribution is 2.18. The van der Waals surface area contributed by atoms with Crippen molar-refractivity contribution in [2.45, 2.75) is 4.90 Å². The van der Waals surface area contributed by atoms with Crippen LogP contribution in [0.4, 0.5) is 5.69 Å². The van der Waals surface area contributed by atoms with Crippen LogP contribution in [0.1, 0.15) is 0 Å². The summed E-state index contributed by atoms with van der Waals surface area (Å²) in [4.78, 5) is 0.0735. The minimum absolute atomic E-state index is 0.0735. The van der Waals surface area contributed by atoms with E-state index in [4.69, 9.17) is 5.84 Å². The zero-order chi connectivity index (χ0) is 12.9. The molecular formula is C9H15N3O3S2. The smallest absolute Gasteiger partial charge is 0.242 e. The van der Waals surface area contributed by atoms with Gasteiger partial charge in [-0.3, -0.25) is 10.1 Å². The van der Waals surface area contributed by atoms with E-state index < -0.39 is 20.8 Å². The molecule has 0 bridgehead atoms.